The summed E-state index contributed by atoms with van der Waals surface area (Å²) in [6.07, 6.45) is 3.33. The van der Waals surface area contributed by atoms with Gasteiger partial charge in [0, 0.05) is 44.1 Å². The van der Waals surface area contributed by atoms with E-state index in [-0.39, 0.29) is 5.54 Å². The molecule has 0 aromatic carbocycles. The number of nitrogens with two attached hydrogens (primary N) is 1. The Morgan fingerprint density at radius 1 is 1.06 bits per heavy atom. The molecule has 2 rings (SSSR count). The molecule has 1 aromatic rings. The molecule has 1 saturated heterocycles. The fourth-order valence-electron chi connectivity index (χ4n) is 2.17. The van der Waals surface area contributed by atoms with Gasteiger partial charge in [-0.1, -0.05) is 0 Å². The van der Waals surface area contributed by atoms with Crippen molar-refractivity contribution in [3.8, 4) is 0 Å². The Labute approximate surface area is 103 Å². The van der Waals surface area contributed by atoms with E-state index in [0.717, 1.165) is 32.0 Å². The SMILES string of the molecule is CC(C)(C)N1CCN(c2nccnc2N)CC1. The minimum atomic E-state index is 0.236. The molecule has 1 fully saturated rings. The van der Waals surface area contributed by atoms with E-state index in [4.69, 9.17) is 5.73 Å². The van der Waals surface area contributed by atoms with Crippen LogP contribution in [0, 0.1) is 0 Å². The van der Waals surface area contributed by atoms with E-state index in [1.165, 1.54) is 0 Å². The van der Waals surface area contributed by atoms with Gasteiger partial charge in [-0.15, -0.1) is 0 Å². The summed E-state index contributed by atoms with van der Waals surface area (Å²) in [5.41, 5.74) is 6.08. The number of nitrogen functional groups attached to an aromatic ring is 1. The normalized spacial score (nSPS) is 18.4. The average Bonchev–Trinajstić information content (AvgIpc) is 2.29. The molecule has 2 heterocycles. The van der Waals surface area contributed by atoms with Crippen molar-refractivity contribution in [3.05, 3.63) is 12.4 Å². The van der Waals surface area contributed by atoms with Gasteiger partial charge in [-0.25, -0.2) is 9.97 Å². The van der Waals surface area contributed by atoms with E-state index in [0.29, 0.717) is 5.82 Å². The molecule has 0 radical (unpaired) electrons. The van der Waals surface area contributed by atoms with Gasteiger partial charge in [0.05, 0.1) is 0 Å². The maximum absolute atomic E-state index is 5.84. The van der Waals surface area contributed by atoms with Crippen molar-refractivity contribution >= 4 is 11.6 Å². The minimum Gasteiger partial charge on any atom is -0.381 e. The van der Waals surface area contributed by atoms with Crippen LogP contribution in [0.15, 0.2) is 12.4 Å². The molecule has 0 aliphatic carbocycles. The summed E-state index contributed by atoms with van der Waals surface area (Å²) >= 11 is 0. The van der Waals surface area contributed by atoms with Crippen molar-refractivity contribution in [2.45, 2.75) is 26.3 Å². The van der Waals surface area contributed by atoms with Crippen LogP contribution in [0.2, 0.25) is 0 Å². The Balaban J connectivity index is 2.03. The van der Waals surface area contributed by atoms with Crippen molar-refractivity contribution in [1.29, 1.82) is 0 Å². The van der Waals surface area contributed by atoms with E-state index in [1.807, 2.05) is 0 Å². The van der Waals surface area contributed by atoms with Gasteiger partial charge in [-0.3, -0.25) is 4.90 Å². The first kappa shape index (κ1) is 12.1. The van der Waals surface area contributed by atoms with Gasteiger partial charge in [0.1, 0.15) is 0 Å². The molecule has 0 saturated carbocycles. The predicted octanol–water partition coefficient (Wildman–Crippen LogP) is 0.979. The highest BCUT2D eigenvalue weighted by molar-refractivity contribution is 5.57. The number of aromatic nitrogens is 2. The van der Waals surface area contributed by atoms with E-state index in [1.54, 1.807) is 12.4 Å². The lowest BCUT2D eigenvalue weighted by Crippen LogP contribution is -2.53. The van der Waals surface area contributed by atoms with Crippen molar-refractivity contribution in [1.82, 2.24) is 14.9 Å². The van der Waals surface area contributed by atoms with Gasteiger partial charge in [-0.2, -0.15) is 0 Å². The summed E-state index contributed by atoms with van der Waals surface area (Å²) in [4.78, 5) is 13.1. The Hall–Kier alpha value is -1.36. The fourth-order valence-corrected chi connectivity index (χ4v) is 2.17. The number of hydrogen-bond acceptors (Lipinski definition) is 5. The van der Waals surface area contributed by atoms with Crippen molar-refractivity contribution in [2.75, 3.05) is 36.8 Å². The first-order valence-corrected chi connectivity index (χ1v) is 6.05. The second-order valence-electron chi connectivity index (χ2n) is 5.41. The fraction of sp³-hybridized carbons (Fsp3) is 0.667. The van der Waals surface area contributed by atoms with Crippen LogP contribution in [0.25, 0.3) is 0 Å². The number of anilines is 2. The second kappa shape index (κ2) is 4.49. The van der Waals surface area contributed by atoms with Gasteiger partial charge in [-0.05, 0) is 20.8 Å². The molecular weight excluding hydrogens is 214 g/mol. The third-order valence-electron chi connectivity index (χ3n) is 3.23. The van der Waals surface area contributed by atoms with E-state index in [9.17, 15) is 0 Å². The zero-order valence-corrected chi connectivity index (χ0v) is 10.8. The van der Waals surface area contributed by atoms with Gasteiger partial charge in [0.15, 0.2) is 11.6 Å². The summed E-state index contributed by atoms with van der Waals surface area (Å²) in [6, 6.07) is 0. The minimum absolute atomic E-state index is 0.236. The van der Waals surface area contributed by atoms with Crippen LogP contribution in [0.1, 0.15) is 20.8 Å². The molecule has 1 aliphatic rings. The summed E-state index contributed by atoms with van der Waals surface area (Å²) < 4.78 is 0. The molecule has 17 heavy (non-hydrogen) atoms. The maximum atomic E-state index is 5.84. The van der Waals surface area contributed by atoms with Crippen LogP contribution in [-0.4, -0.2) is 46.6 Å². The lowest BCUT2D eigenvalue weighted by molar-refractivity contribution is 0.128. The topological polar surface area (TPSA) is 58.3 Å². The second-order valence-corrected chi connectivity index (χ2v) is 5.41. The first-order valence-electron chi connectivity index (χ1n) is 6.05. The highest BCUT2D eigenvalue weighted by Gasteiger charge is 2.26. The molecule has 0 spiro atoms. The highest BCUT2D eigenvalue weighted by Crippen LogP contribution is 2.21. The van der Waals surface area contributed by atoms with Crippen LogP contribution >= 0.6 is 0 Å². The number of rotatable bonds is 1. The molecule has 5 nitrogen and oxygen atoms in total. The van der Waals surface area contributed by atoms with Crippen LogP contribution in [0.4, 0.5) is 11.6 Å². The standard InChI is InChI=1S/C12H21N5/c1-12(2,3)17-8-6-16(7-9-17)11-10(13)14-4-5-15-11/h4-5H,6-9H2,1-3H3,(H2,13,14). The summed E-state index contributed by atoms with van der Waals surface area (Å²) in [5, 5.41) is 0. The Morgan fingerprint density at radius 2 is 1.65 bits per heavy atom. The Morgan fingerprint density at radius 3 is 2.18 bits per heavy atom. The van der Waals surface area contributed by atoms with E-state index < -0.39 is 0 Å². The summed E-state index contributed by atoms with van der Waals surface area (Å²) in [6.45, 7) is 10.7. The number of hydrogen-bond donors (Lipinski definition) is 1. The molecule has 1 aliphatic heterocycles. The van der Waals surface area contributed by atoms with Crippen molar-refractivity contribution < 1.29 is 0 Å². The van der Waals surface area contributed by atoms with Crippen LogP contribution in [0.5, 0.6) is 0 Å². The first-order chi connectivity index (χ1) is 7.98. The van der Waals surface area contributed by atoms with Crippen molar-refractivity contribution in [2.24, 2.45) is 0 Å². The summed E-state index contributed by atoms with van der Waals surface area (Å²) in [7, 11) is 0. The number of nitrogens with zero attached hydrogens (tertiary/aromatic N) is 4. The van der Waals surface area contributed by atoms with E-state index in [2.05, 4.69) is 40.5 Å². The van der Waals surface area contributed by atoms with Crippen LogP contribution in [0.3, 0.4) is 0 Å². The van der Waals surface area contributed by atoms with Gasteiger partial charge in [0.2, 0.25) is 0 Å². The van der Waals surface area contributed by atoms with E-state index >= 15 is 0 Å². The van der Waals surface area contributed by atoms with Gasteiger partial charge in [0.25, 0.3) is 0 Å². The molecule has 94 valence electrons. The zero-order valence-electron chi connectivity index (χ0n) is 10.8. The lowest BCUT2D eigenvalue weighted by Gasteiger charge is -2.42. The monoisotopic (exact) mass is 235 g/mol. The average molecular weight is 235 g/mol. The van der Waals surface area contributed by atoms with Crippen LogP contribution in [-0.2, 0) is 0 Å². The molecular formula is C12H21N5. The summed E-state index contributed by atoms with van der Waals surface area (Å²) in [5.74, 6) is 1.35. The third kappa shape index (κ3) is 2.66. The Bertz CT molecular complexity index is 377. The largest absolute Gasteiger partial charge is 0.381 e. The predicted molar refractivity (Wildman–Crippen MR) is 70.0 cm³/mol. The Kier molecular flexibility index (Phi) is 3.19. The molecule has 5 heteroatoms. The van der Waals surface area contributed by atoms with Gasteiger partial charge < -0.3 is 10.6 Å². The van der Waals surface area contributed by atoms with Crippen LogP contribution < -0.4 is 10.6 Å². The number of piperazine rings is 1. The quantitative estimate of drug-likeness (QED) is 0.786. The maximum Gasteiger partial charge on any atom is 0.171 e. The molecule has 0 atom stereocenters. The van der Waals surface area contributed by atoms with Crippen molar-refractivity contribution in [3.63, 3.8) is 0 Å². The lowest BCUT2D eigenvalue weighted by atomic mass is 10.1. The third-order valence-corrected chi connectivity index (χ3v) is 3.23. The molecule has 0 unspecified atom stereocenters. The highest BCUT2D eigenvalue weighted by atomic mass is 15.3. The molecule has 0 bridgehead atoms. The smallest absolute Gasteiger partial charge is 0.171 e. The van der Waals surface area contributed by atoms with Gasteiger partial charge >= 0.3 is 0 Å². The molecule has 2 N–H and O–H groups in total. The molecule has 0 amide bonds. The zero-order chi connectivity index (χ0) is 12.5. The molecule has 1 aromatic heterocycles.